The number of hydrogen-bond donors (Lipinski definition) is 1. The zero-order chi connectivity index (χ0) is 21.7. The van der Waals surface area contributed by atoms with Crippen molar-refractivity contribution < 1.29 is 14.3 Å². The highest BCUT2D eigenvalue weighted by Crippen LogP contribution is 2.28. The molecule has 5 nitrogen and oxygen atoms in total. The van der Waals surface area contributed by atoms with Crippen LogP contribution >= 0.6 is 23.2 Å². The van der Waals surface area contributed by atoms with Gasteiger partial charge in [-0.25, -0.2) is 4.79 Å². The summed E-state index contributed by atoms with van der Waals surface area (Å²) in [5.41, 5.74) is 2.97. The van der Waals surface area contributed by atoms with Gasteiger partial charge in [-0.3, -0.25) is 9.69 Å². The minimum Gasteiger partial charge on any atom is -0.462 e. The van der Waals surface area contributed by atoms with E-state index >= 15 is 0 Å². The van der Waals surface area contributed by atoms with Gasteiger partial charge in [0.2, 0.25) is 5.91 Å². The van der Waals surface area contributed by atoms with Gasteiger partial charge in [0.25, 0.3) is 0 Å². The van der Waals surface area contributed by atoms with Crippen LogP contribution in [-0.4, -0.2) is 36.5 Å². The summed E-state index contributed by atoms with van der Waals surface area (Å²) in [6, 6.07) is 10.7. The number of anilines is 1. The normalized spacial score (nSPS) is 15.1. The zero-order valence-corrected chi connectivity index (χ0v) is 18.7. The lowest BCUT2D eigenvalue weighted by atomic mass is 9.95. The second kappa shape index (κ2) is 10.3. The van der Waals surface area contributed by atoms with E-state index in [1.807, 2.05) is 25.1 Å². The Hall–Kier alpha value is -2.08. The van der Waals surface area contributed by atoms with Gasteiger partial charge in [0.05, 0.1) is 12.2 Å². The molecule has 160 valence electrons. The van der Waals surface area contributed by atoms with Crippen LogP contribution in [0.25, 0.3) is 0 Å². The first-order valence-electron chi connectivity index (χ1n) is 10.1. The summed E-state index contributed by atoms with van der Waals surface area (Å²) in [7, 11) is 0. The fourth-order valence-electron chi connectivity index (χ4n) is 3.64. The number of amides is 1. The Morgan fingerprint density at radius 3 is 2.40 bits per heavy atom. The summed E-state index contributed by atoms with van der Waals surface area (Å²) in [5, 5.41) is 4.35. The number of halogens is 2. The molecule has 2 aromatic rings. The van der Waals surface area contributed by atoms with Crippen molar-refractivity contribution in [2.75, 3.05) is 25.0 Å². The standard InChI is InChI=1S/C23H26Cl2N2O3/c1-3-30-23(29)17-7-8-21(15(2)13-17)26-22(28)16-9-11-27(12-10-16)14-18-19(24)5-4-6-20(18)25/h4-8,13,16H,3,9-12,14H2,1-2H3,(H,26,28). The van der Waals surface area contributed by atoms with Crippen LogP contribution in [-0.2, 0) is 16.1 Å². The van der Waals surface area contributed by atoms with Gasteiger partial charge in [0, 0.05) is 33.8 Å². The molecule has 1 aliphatic heterocycles. The van der Waals surface area contributed by atoms with Crippen molar-refractivity contribution in [2.24, 2.45) is 5.92 Å². The molecule has 0 atom stereocenters. The molecule has 1 aliphatic rings. The van der Waals surface area contributed by atoms with Gasteiger partial charge in [-0.15, -0.1) is 0 Å². The average Bonchev–Trinajstić information content (AvgIpc) is 2.73. The number of benzene rings is 2. The molecule has 1 fully saturated rings. The van der Waals surface area contributed by atoms with Gasteiger partial charge in [-0.05, 0) is 75.7 Å². The maximum Gasteiger partial charge on any atom is 0.338 e. The number of carbonyl (C=O) groups excluding carboxylic acids is 2. The van der Waals surface area contributed by atoms with Gasteiger partial charge >= 0.3 is 5.97 Å². The largest absolute Gasteiger partial charge is 0.462 e. The Kier molecular flexibility index (Phi) is 7.75. The quantitative estimate of drug-likeness (QED) is 0.606. The van der Waals surface area contributed by atoms with E-state index in [4.69, 9.17) is 27.9 Å². The number of nitrogens with zero attached hydrogens (tertiary/aromatic N) is 1. The summed E-state index contributed by atoms with van der Waals surface area (Å²) in [6.45, 7) is 6.27. The highest BCUT2D eigenvalue weighted by atomic mass is 35.5. The molecule has 7 heteroatoms. The minimum absolute atomic E-state index is 0.0115. The van der Waals surface area contributed by atoms with Crippen molar-refractivity contribution in [1.82, 2.24) is 4.90 Å². The molecule has 2 aromatic carbocycles. The molecular formula is C23H26Cl2N2O3. The van der Waals surface area contributed by atoms with Crippen LogP contribution in [0.1, 0.15) is 41.3 Å². The average molecular weight is 449 g/mol. The maximum absolute atomic E-state index is 12.8. The van der Waals surface area contributed by atoms with Crippen LogP contribution < -0.4 is 5.32 Å². The van der Waals surface area contributed by atoms with Gasteiger partial charge < -0.3 is 10.1 Å². The monoisotopic (exact) mass is 448 g/mol. The fourth-order valence-corrected chi connectivity index (χ4v) is 4.16. The topological polar surface area (TPSA) is 58.6 Å². The minimum atomic E-state index is -0.357. The van der Waals surface area contributed by atoms with E-state index < -0.39 is 0 Å². The third-order valence-electron chi connectivity index (χ3n) is 5.40. The summed E-state index contributed by atoms with van der Waals surface area (Å²) < 4.78 is 5.02. The van der Waals surface area contributed by atoms with E-state index in [0.29, 0.717) is 28.8 Å². The van der Waals surface area contributed by atoms with Crippen molar-refractivity contribution in [3.8, 4) is 0 Å². The van der Waals surface area contributed by atoms with Crippen LogP contribution in [0.5, 0.6) is 0 Å². The highest BCUT2D eigenvalue weighted by Gasteiger charge is 2.26. The summed E-state index contributed by atoms with van der Waals surface area (Å²) in [4.78, 5) is 26.9. The number of piperidine rings is 1. The van der Waals surface area contributed by atoms with Crippen LogP contribution in [0.2, 0.25) is 10.0 Å². The van der Waals surface area contributed by atoms with E-state index in [0.717, 1.165) is 42.7 Å². The second-order valence-electron chi connectivity index (χ2n) is 7.49. The lowest BCUT2D eigenvalue weighted by molar-refractivity contribution is -0.121. The Balaban J connectivity index is 1.55. The SMILES string of the molecule is CCOC(=O)c1ccc(NC(=O)C2CCN(Cc3c(Cl)cccc3Cl)CC2)c(C)c1. The third kappa shape index (κ3) is 5.54. The van der Waals surface area contributed by atoms with E-state index in [1.165, 1.54) is 0 Å². The molecule has 30 heavy (non-hydrogen) atoms. The number of carbonyl (C=O) groups is 2. The number of hydrogen-bond acceptors (Lipinski definition) is 4. The molecule has 0 bridgehead atoms. The molecule has 3 rings (SSSR count). The fraction of sp³-hybridized carbons (Fsp3) is 0.391. The summed E-state index contributed by atoms with van der Waals surface area (Å²) in [5.74, 6) is -0.394. The Bertz CT molecular complexity index is 904. The molecule has 0 spiro atoms. The van der Waals surface area contributed by atoms with E-state index in [-0.39, 0.29) is 17.8 Å². The van der Waals surface area contributed by atoms with Gasteiger partial charge in [-0.2, -0.15) is 0 Å². The van der Waals surface area contributed by atoms with Crippen molar-refractivity contribution in [3.63, 3.8) is 0 Å². The Morgan fingerprint density at radius 1 is 1.13 bits per heavy atom. The van der Waals surface area contributed by atoms with Crippen LogP contribution in [0.4, 0.5) is 5.69 Å². The van der Waals surface area contributed by atoms with Gasteiger partial charge in [0.15, 0.2) is 0 Å². The molecule has 0 unspecified atom stereocenters. The second-order valence-corrected chi connectivity index (χ2v) is 8.30. The first-order chi connectivity index (χ1) is 14.4. The summed E-state index contributed by atoms with van der Waals surface area (Å²) >= 11 is 12.6. The van der Waals surface area contributed by atoms with Gasteiger partial charge in [-0.1, -0.05) is 29.3 Å². The molecule has 1 saturated heterocycles. The van der Waals surface area contributed by atoms with Gasteiger partial charge in [0.1, 0.15) is 0 Å². The van der Waals surface area contributed by atoms with Crippen LogP contribution in [0.3, 0.4) is 0 Å². The molecule has 0 saturated carbocycles. The highest BCUT2D eigenvalue weighted by molar-refractivity contribution is 6.35. The summed E-state index contributed by atoms with van der Waals surface area (Å²) in [6.07, 6.45) is 1.54. The zero-order valence-electron chi connectivity index (χ0n) is 17.2. The number of esters is 1. The molecule has 0 aliphatic carbocycles. The Morgan fingerprint density at radius 2 is 1.80 bits per heavy atom. The van der Waals surface area contributed by atoms with Crippen molar-refractivity contribution in [1.29, 1.82) is 0 Å². The molecule has 0 aromatic heterocycles. The maximum atomic E-state index is 12.8. The predicted molar refractivity (Wildman–Crippen MR) is 120 cm³/mol. The lowest BCUT2D eigenvalue weighted by Gasteiger charge is -2.31. The molecule has 1 N–H and O–H groups in total. The van der Waals surface area contributed by atoms with Crippen LogP contribution in [0.15, 0.2) is 36.4 Å². The molecule has 0 radical (unpaired) electrons. The number of likely N-dealkylation sites (tertiary alicyclic amines) is 1. The first-order valence-corrected chi connectivity index (χ1v) is 10.9. The molecule has 1 heterocycles. The van der Waals surface area contributed by atoms with Crippen molar-refractivity contribution in [2.45, 2.75) is 33.2 Å². The third-order valence-corrected chi connectivity index (χ3v) is 6.11. The first kappa shape index (κ1) is 22.6. The van der Waals surface area contributed by atoms with E-state index in [2.05, 4.69) is 10.2 Å². The van der Waals surface area contributed by atoms with E-state index in [9.17, 15) is 9.59 Å². The predicted octanol–water partition coefficient (Wildman–Crippen LogP) is 5.33. The molecule has 1 amide bonds. The van der Waals surface area contributed by atoms with Crippen LogP contribution in [0, 0.1) is 12.8 Å². The number of nitrogens with one attached hydrogen (secondary N) is 1. The number of rotatable bonds is 6. The van der Waals surface area contributed by atoms with Crippen molar-refractivity contribution in [3.05, 3.63) is 63.1 Å². The van der Waals surface area contributed by atoms with Crippen molar-refractivity contribution >= 4 is 40.8 Å². The number of aryl methyl sites for hydroxylation is 1. The smallest absolute Gasteiger partial charge is 0.338 e. The molecular weight excluding hydrogens is 423 g/mol. The number of ether oxygens (including phenoxy) is 1. The van der Waals surface area contributed by atoms with E-state index in [1.54, 1.807) is 25.1 Å². The Labute approximate surface area is 187 Å². The lowest BCUT2D eigenvalue weighted by Crippen LogP contribution is -2.38.